The van der Waals surface area contributed by atoms with E-state index in [-0.39, 0.29) is 16.4 Å². The summed E-state index contributed by atoms with van der Waals surface area (Å²) in [5, 5.41) is 2.82. The fourth-order valence-electron chi connectivity index (χ4n) is 3.96. The molecule has 1 aliphatic heterocycles. The van der Waals surface area contributed by atoms with Crippen LogP contribution in [0.2, 0.25) is 0 Å². The Morgan fingerprint density at radius 1 is 0.971 bits per heavy atom. The van der Waals surface area contributed by atoms with Gasteiger partial charge in [-0.05, 0) is 53.4 Å². The van der Waals surface area contributed by atoms with Gasteiger partial charge >= 0.3 is 0 Å². The Bertz CT molecular complexity index is 1340. The molecule has 4 rings (SSSR count). The summed E-state index contributed by atoms with van der Waals surface area (Å²) in [6.45, 7) is 2.63. The maximum Gasteiger partial charge on any atom is 0.255 e. The van der Waals surface area contributed by atoms with Crippen molar-refractivity contribution in [2.24, 2.45) is 0 Å². The first-order valence-electron chi connectivity index (χ1n) is 11.0. The van der Waals surface area contributed by atoms with Crippen molar-refractivity contribution in [2.45, 2.75) is 31.3 Å². The van der Waals surface area contributed by atoms with Crippen LogP contribution in [0, 0.1) is 0 Å². The lowest BCUT2D eigenvalue weighted by molar-refractivity contribution is -0.128. The van der Waals surface area contributed by atoms with Crippen LogP contribution >= 0.6 is 0 Å². The largest absolute Gasteiger partial charge is 0.342 e. The lowest BCUT2D eigenvalue weighted by atomic mass is 10.0. The molecule has 1 heterocycles. The highest BCUT2D eigenvalue weighted by molar-refractivity contribution is 7.89. The fraction of sp³-hybridized carbons (Fsp3) is 0.231. The van der Waals surface area contributed by atoms with Gasteiger partial charge in [-0.15, -0.1) is 0 Å². The van der Waals surface area contributed by atoms with Crippen LogP contribution in [0.15, 0.2) is 77.7 Å². The number of sulfonamides is 1. The zero-order valence-corrected chi connectivity index (χ0v) is 20.0. The van der Waals surface area contributed by atoms with Gasteiger partial charge in [0.25, 0.3) is 5.91 Å². The van der Waals surface area contributed by atoms with Crippen molar-refractivity contribution in [1.82, 2.24) is 9.21 Å². The molecular weight excluding hydrogens is 450 g/mol. The van der Waals surface area contributed by atoms with Gasteiger partial charge in [-0.3, -0.25) is 9.59 Å². The third kappa shape index (κ3) is 5.18. The van der Waals surface area contributed by atoms with Crippen LogP contribution in [0.1, 0.15) is 34.0 Å². The normalized spacial score (nSPS) is 13.7. The molecule has 3 aromatic rings. The lowest BCUT2D eigenvalue weighted by Gasteiger charge is -2.28. The number of hydrogen-bond acceptors (Lipinski definition) is 4. The van der Waals surface area contributed by atoms with Gasteiger partial charge in [-0.25, -0.2) is 8.42 Å². The van der Waals surface area contributed by atoms with Gasteiger partial charge in [-0.1, -0.05) is 42.5 Å². The van der Waals surface area contributed by atoms with Crippen molar-refractivity contribution in [3.8, 4) is 0 Å². The summed E-state index contributed by atoms with van der Waals surface area (Å²) in [5.41, 5.74) is 3.86. The zero-order chi connectivity index (χ0) is 24.3. The van der Waals surface area contributed by atoms with Crippen LogP contribution in [0.25, 0.3) is 0 Å². The van der Waals surface area contributed by atoms with Gasteiger partial charge in [0.15, 0.2) is 0 Å². The molecule has 0 bridgehead atoms. The van der Waals surface area contributed by atoms with E-state index >= 15 is 0 Å². The lowest BCUT2D eigenvalue weighted by Crippen LogP contribution is -2.36. The highest BCUT2D eigenvalue weighted by Crippen LogP contribution is 2.25. The van der Waals surface area contributed by atoms with E-state index in [4.69, 9.17) is 0 Å². The second-order valence-corrected chi connectivity index (χ2v) is 10.4. The Balaban J connectivity index is 1.50. The average Bonchev–Trinajstić information content (AvgIpc) is 2.84. The third-order valence-electron chi connectivity index (χ3n) is 5.97. The molecule has 0 aromatic heterocycles. The minimum atomic E-state index is -3.75. The first-order valence-corrected chi connectivity index (χ1v) is 12.5. The summed E-state index contributed by atoms with van der Waals surface area (Å²) in [6, 6.07) is 21.2. The summed E-state index contributed by atoms with van der Waals surface area (Å²) in [4.78, 5) is 26.0. The van der Waals surface area contributed by atoms with E-state index in [1.165, 1.54) is 28.9 Å². The Hall–Kier alpha value is -3.49. The molecule has 2 amide bonds. The van der Waals surface area contributed by atoms with Crippen LogP contribution in [-0.4, -0.2) is 43.0 Å². The summed E-state index contributed by atoms with van der Waals surface area (Å²) in [7, 11) is -2.04. The maximum atomic E-state index is 13.3. The SMILES string of the molecule is CC(=O)N(C)Cc1cccc(NC(=O)c2cccc(S(=O)(=O)N3CCc4ccccc4C3)c2)c1. The molecule has 3 aromatic carbocycles. The summed E-state index contributed by atoms with van der Waals surface area (Å²) >= 11 is 0. The van der Waals surface area contributed by atoms with Crippen LogP contribution in [0.3, 0.4) is 0 Å². The van der Waals surface area contributed by atoms with E-state index in [0.717, 1.165) is 11.1 Å². The summed E-state index contributed by atoms with van der Waals surface area (Å²) in [5.74, 6) is -0.456. The van der Waals surface area contributed by atoms with E-state index in [9.17, 15) is 18.0 Å². The van der Waals surface area contributed by atoms with Gasteiger partial charge in [0.05, 0.1) is 4.90 Å². The van der Waals surface area contributed by atoms with E-state index in [0.29, 0.717) is 31.7 Å². The van der Waals surface area contributed by atoms with Crippen molar-refractivity contribution < 1.29 is 18.0 Å². The molecule has 0 saturated carbocycles. The van der Waals surface area contributed by atoms with E-state index in [1.54, 1.807) is 42.3 Å². The van der Waals surface area contributed by atoms with Gasteiger partial charge in [-0.2, -0.15) is 4.31 Å². The molecule has 0 unspecified atom stereocenters. The number of hydrogen-bond donors (Lipinski definition) is 1. The topological polar surface area (TPSA) is 86.8 Å². The number of anilines is 1. The number of benzene rings is 3. The maximum absolute atomic E-state index is 13.3. The molecular formula is C26H27N3O4S. The molecule has 7 nitrogen and oxygen atoms in total. The Morgan fingerprint density at radius 3 is 2.47 bits per heavy atom. The number of fused-ring (bicyclic) bond motifs is 1. The minimum absolute atomic E-state index is 0.0512. The molecule has 1 aliphatic rings. The highest BCUT2D eigenvalue weighted by atomic mass is 32.2. The zero-order valence-electron chi connectivity index (χ0n) is 19.2. The van der Waals surface area contributed by atoms with Gasteiger partial charge in [0.2, 0.25) is 15.9 Å². The van der Waals surface area contributed by atoms with Crippen molar-refractivity contribution in [3.63, 3.8) is 0 Å². The number of carbonyl (C=O) groups excluding carboxylic acids is 2. The molecule has 176 valence electrons. The Kier molecular flexibility index (Phi) is 6.81. The summed E-state index contributed by atoms with van der Waals surface area (Å²) in [6.07, 6.45) is 0.657. The van der Waals surface area contributed by atoms with Gasteiger partial charge in [0, 0.05) is 44.9 Å². The van der Waals surface area contributed by atoms with E-state index in [2.05, 4.69) is 5.32 Å². The monoisotopic (exact) mass is 477 g/mol. The van der Waals surface area contributed by atoms with Crippen molar-refractivity contribution in [1.29, 1.82) is 0 Å². The number of nitrogens with zero attached hydrogens (tertiary/aromatic N) is 2. The molecule has 0 spiro atoms. The predicted octanol–water partition coefficient (Wildman–Crippen LogP) is 3.66. The average molecular weight is 478 g/mol. The molecule has 0 saturated heterocycles. The van der Waals surface area contributed by atoms with Crippen molar-refractivity contribution in [2.75, 3.05) is 18.9 Å². The predicted molar refractivity (Wildman–Crippen MR) is 131 cm³/mol. The molecule has 0 atom stereocenters. The minimum Gasteiger partial charge on any atom is -0.342 e. The molecule has 8 heteroatoms. The van der Waals surface area contributed by atoms with Gasteiger partial charge in [0.1, 0.15) is 0 Å². The molecule has 1 N–H and O–H groups in total. The number of carbonyl (C=O) groups is 2. The van der Waals surface area contributed by atoms with E-state index < -0.39 is 15.9 Å². The number of amides is 2. The molecule has 0 aliphatic carbocycles. The molecule has 34 heavy (non-hydrogen) atoms. The summed E-state index contributed by atoms with van der Waals surface area (Å²) < 4.78 is 28.0. The molecule has 0 fully saturated rings. The third-order valence-corrected chi connectivity index (χ3v) is 7.81. The highest BCUT2D eigenvalue weighted by Gasteiger charge is 2.28. The number of rotatable bonds is 6. The second kappa shape index (κ2) is 9.79. The van der Waals surface area contributed by atoms with Crippen molar-refractivity contribution in [3.05, 3.63) is 95.1 Å². The number of nitrogens with one attached hydrogen (secondary N) is 1. The van der Waals surface area contributed by atoms with Crippen LogP contribution in [-0.2, 0) is 34.3 Å². The fourth-order valence-corrected chi connectivity index (χ4v) is 5.42. The quantitative estimate of drug-likeness (QED) is 0.587. The standard InChI is InChI=1S/C26H27N3O4S/c1-19(30)28(2)17-20-7-5-11-24(15-20)27-26(31)22-10-6-12-25(16-22)34(32,33)29-14-13-21-8-3-4-9-23(21)18-29/h3-12,15-16H,13-14,17-18H2,1-2H3,(H,27,31). The Morgan fingerprint density at radius 2 is 1.71 bits per heavy atom. The van der Waals surface area contributed by atoms with Crippen LogP contribution in [0.4, 0.5) is 5.69 Å². The molecule has 0 radical (unpaired) electrons. The first kappa shape index (κ1) is 23.7. The van der Waals surface area contributed by atoms with Gasteiger partial charge < -0.3 is 10.2 Å². The Labute approximate surface area is 200 Å². The van der Waals surface area contributed by atoms with Crippen molar-refractivity contribution >= 4 is 27.5 Å². The van der Waals surface area contributed by atoms with Crippen LogP contribution in [0.5, 0.6) is 0 Å². The van der Waals surface area contributed by atoms with E-state index in [1.807, 2.05) is 30.3 Å². The smallest absolute Gasteiger partial charge is 0.255 e. The first-order chi connectivity index (χ1) is 16.2. The second-order valence-electron chi connectivity index (χ2n) is 8.41. The van der Waals surface area contributed by atoms with Crippen LogP contribution < -0.4 is 5.32 Å².